The molecule has 2 nitrogen and oxygen atoms in total. The van der Waals surface area contributed by atoms with Crippen LogP contribution in [0.15, 0.2) is 0 Å². The molecule has 84 valence electrons. The van der Waals surface area contributed by atoms with Gasteiger partial charge in [-0.1, -0.05) is 20.3 Å². The van der Waals surface area contributed by atoms with Gasteiger partial charge in [0.05, 0.1) is 0 Å². The van der Waals surface area contributed by atoms with E-state index in [0.29, 0.717) is 6.04 Å². The Morgan fingerprint density at radius 2 is 2.29 bits per heavy atom. The van der Waals surface area contributed by atoms with Crippen molar-refractivity contribution < 1.29 is 0 Å². The molecule has 14 heavy (non-hydrogen) atoms. The summed E-state index contributed by atoms with van der Waals surface area (Å²) in [5, 5.41) is 0. The van der Waals surface area contributed by atoms with Gasteiger partial charge in [-0.15, -0.1) is 0 Å². The number of piperidine rings is 1. The molecule has 0 aromatic heterocycles. The first-order valence-electron chi connectivity index (χ1n) is 6.20. The lowest BCUT2D eigenvalue weighted by atomic mass is 10.0. The topological polar surface area (TPSA) is 29.3 Å². The quantitative estimate of drug-likeness (QED) is 0.734. The summed E-state index contributed by atoms with van der Waals surface area (Å²) < 4.78 is 0. The summed E-state index contributed by atoms with van der Waals surface area (Å²) >= 11 is 0. The van der Waals surface area contributed by atoms with E-state index in [0.717, 1.165) is 12.5 Å². The van der Waals surface area contributed by atoms with Crippen LogP contribution in [0.3, 0.4) is 0 Å². The van der Waals surface area contributed by atoms with Gasteiger partial charge in [-0.25, -0.2) is 0 Å². The minimum absolute atomic E-state index is 0.437. The summed E-state index contributed by atoms with van der Waals surface area (Å²) in [5.74, 6) is 0.897. The van der Waals surface area contributed by atoms with E-state index in [1.165, 1.54) is 45.2 Å². The molecule has 0 saturated carbocycles. The summed E-state index contributed by atoms with van der Waals surface area (Å²) in [4.78, 5) is 2.54. The number of hydrogen-bond acceptors (Lipinski definition) is 2. The maximum atomic E-state index is 5.94. The predicted octanol–water partition coefficient (Wildman–Crippen LogP) is 2.24. The SMILES string of the molecule is CC[C@H](C)CCCN1CCCC(N)C1. The van der Waals surface area contributed by atoms with Crippen molar-refractivity contribution in [3.05, 3.63) is 0 Å². The third-order valence-electron chi connectivity index (χ3n) is 3.41. The zero-order valence-electron chi connectivity index (χ0n) is 9.84. The van der Waals surface area contributed by atoms with Gasteiger partial charge >= 0.3 is 0 Å². The molecule has 1 unspecified atom stereocenters. The fourth-order valence-corrected chi connectivity index (χ4v) is 2.16. The van der Waals surface area contributed by atoms with E-state index in [2.05, 4.69) is 18.7 Å². The second kappa shape index (κ2) is 6.41. The van der Waals surface area contributed by atoms with Crippen molar-refractivity contribution in [1.29, 1.82) is 0 Å². The first-order valence-corrected chi connectivity index (χ1v) is 6.20. The minimum atomic E-state index is 0.437. The normalized spacial score (nSPS) is 26.4. The van der Waals surface area contributed by atoms with Gasteiger partial charge in [0.1, 0.15) is 0 Å². The number of hydrogen-bond donors (Lipinski definition) is 1. The number of rotatable bonds is 5. The first kappa shape index (κ1) is 12.0. The molecule has 0 radical (unpaired) electrons. The van der Waals surface area contributed by atoms with E-state index in [4.69, 9.17) is 5.73 Å². The predicted molar refractivity (Wildman–Crippen MR) is 62.3 cm³/mol. The van der Waals surface area contributed by atoms with Crippen molar-refractivity contribution in [2.45, 2.75) is 52.0 Å². The molecule has 0 bridgehead atoms. The smallest absolute Gasteiger partial charge is 0.0168 e. The molecular formula is C12H26N2. The molecule has 2 heteroatoms. The average Bonchev–Trinajstić information content (AvgIpc) is 2.17. The number of nitrogens with two attached hydrogens (primary N) is 1. The van der Waals surface area contributed by atoms with Gasteiger partial charge in [0.15, 0.2) is 0 Å². The first-order chi connectivity index (χ1) is 6.72. The van der Waals surface area contributed by atoms with Gasteiger partial charge in [0, 0.05) is 12.6 Å². The van der Waals surface area contributed by atoms with Gasteiger partial charge in [0.25, 0.3) is 0 Å². The van der Waals surface area contributed by atoms with Crippen molar-refractivity contribution in [1.82, 2.24) is 4.90 Å². The Morgan fingerprint density at radius 3 is 2.93 bits per heavy atom. The molecule has 0 aromatic carbocycles. The van der Waals surface area contributed by atoms with Crippen molar-refractivity contribution >= 4 is 0 Å². The number of nitrogens with zero attached hydrogens (tertiary/aromatic N) is 1. The van der Waals surface area contributed by atoms with E-state index in [9.17, 15) is 0 Å². The molecule has 1 heterocycles. The van der Waals surface area contributed by atoms with E-state index >= 15 is 0 Å². The lowest BCUT2D eigenvalue weighted by Crippen LogP contribution is -2.43. The zero-order chi connectivity index (χ0) is 10.4. The second-order valence-corrected chi connectivity index (χ2v) is 4.86. The van der Waals surface area contributed by atoms with Gasteiger partial charge in [-0.2, -0.15) is 0 Å². The van der Waals surface area contributed by atoms with Crippen LogP contribution in [0.2, 0.25) is 0 Å². The summed E-state index contributed by atoms with van der Waals surface area (Å²) in [6, 6.07) is 0.437. The fourth-order valence-electron chi connectivity index (χ4n) is 2.16. The summed E-state index contributed by atoms with van der Waals surface area (Å²) in [6.07, 6.45) is 6.57. The van der Waals surface area contributed by atoms with Crippen LogP contribution in [0, 0.1) is 5.92 Å². The van der Waals surface area contributed by atoms with Crippen LogP contribution in [-0.4, -0.2) is 30.6 Å². The van der Waals surface area contributed by atoms with Gasteiger partial charge in [-0.3, -0.25) is 0 Å². The monoisotopic (exact) mass is 198 g/mol. The van der Waals surface area contributed by atoms with E-state index in [-0.39, 0.29) is 0 Å². The highest BCUT2D eigenvalue weighted by atomic mass is 15.1. The zero-order valence-corrected chi connectivity index (χ0v) is 9.84. The van der Waals surface area contributed by atoms with E-state index in [1.54, 1.807) is 0 Å². The molecule has 1 saturated heterocycles. The molecule has 1 aliphatic heterocycles. The maximum absolute atomic E-state index is 5.94. The molecule has 2 N–H and O–H groups in total. The molecular weight excluding hydrogens is 172 g/mol. The second-order valence-electron chi connectivity index (χ2n) is 4.86. The minimum Gasteiger partial charge on any atom is -0.327 e. The molecule has 1 rings (SSSR count). The molecule has 0 spiro atoms. The maximum Gasteiger partial charge on any atom is 0.0168 e. The Labute approximate surface area is 88.8 Å². The Kier molecular flexibility index (Phi) is 5.49. The summed E-state index contributed by atoms with van der Waals surface area (Å²) in [6.45, 7) is 8.29. The summed E-state index contributed by atoms with van der Waals surface area (Å²) in [5.41, 5.74) is 5.94. The Balaban J connectivity index is 2.05. The van der Waals surface area contributed by atoms with Gasteiger partial charge < -0.3 is 10.6 Å². The van der Waals surface area contributed by atoms with Crippen molar-refractivity contribution in [2.75, 3.05) is 19.6 Å². The van der Waals surface area contributed by atoms with Crippen molar-refractivity contribution in [3.63, 3.8) is 0 Å². The van der Waals surface area contributed by atoms with Crippen molar-refractivity contribution in [2.24, 2.45) is 11.7 Å². The van der Waals surface area contributed by atoms with Crippen LogP contribution in [-0.2, 0) is 0 Å². The van der Waals surface area contributed by atoms with Gasteiger partial charge in [-0.05, 0) is 44.7 Å². The Hall–Kier alpha value is -0.0800. The highest BCUT2D eigenvalue weighted by molar-refractivity contribution is 4.74. The fraction of sp³-hybridized carbons (Fsp3) is 1.00. The Bertz CT molecular complexity index is 147. The largest absolute Gasteiger partial charge is 0.327 e. The Morgan fingerprint density at radius 1 is 1.50 bits per heavy atom. The van der Waals surface area contributed by atoms with Crippen LogP contribution in [0.5, 0.6) is 0 Å². The standard InChI is InChI=1S/C12H26N2/c1-3-11(2)6-4-8-14-9-5-7-12(13)10-14/h11-12H,3-10,13H2,1-2H3/t11-,12?/m0/s1. The van der Waals surface area contributed by atoms with E-state index in [1.807, 2.05) is 0 Å². The molecule has 0 aromatic rings. The van der Waals surface area contributed by atoms with Gasteiger partial charge in [0.2, 0.25) is 0 Å². The highest BCUT2D eigenvalue weighted by Crippen LogP contribution is 2.12. The third kappa shape index (κ3) is 4.43. The van der Waals surface area contributed by atoms with E-state index < -0.39 is 0 Å². The molecule has 2 atom stereocenters. The third-order valence-corrected chi connectivity index (χ3v) is 3.41. The molecule has 0 aliphatic carbocycles. The average molecular weight is 198 g/mol. The van der Waals surface area contributed by atoms with Crippen LogP contribution in [0.4, 0.5) is 0 Å². The van der Waals surface area contributed by atoms with Crippen LogP contribution in [0.25, 0.3) is 0 Å². The molecule has 0 amide bonds. The summed E-state index contributed by atoms with van der Waals surface area (Å²) in [7, 11) is 0. The van der Waals surface area contributed by atoms with Crippen LogP contribution in [0.1, 0.15) is 46.0 Å². The molecule has 1 aliphatic rings. The molecule has 1 fully saturated rings. The van der Waals surface area contributed by atoms with Crippen LogP contribution >= 0.6 is 0 Å². The van der Waals surface area contributed by atoms with Crippen LogP contribution < -0.4 is 5.73 Å². The lowest BCUT2D eigenvalue weighted by Gasteiger charge is -2.30. The van der Waals surface area contributed by atoms with Crippen molar-refractivity contribution in [3.8, 4) is 0 Å². The lowest BCUT2D eigenvalue weighted by molar-refractivity contribution is 0.202. The number of likely N-dealkylation sites (tertiary alicyclic amines) is 1. The highest BCUT2D eigenvalue weighted by Gasteiger charge is 2.15.